The number of carbonyl (C=O) groups excluding carboxylic acids is 1. The van der Waals surface area contributed by atoms with Gasteiger partial charge in [0.1, 0.15) is 6.54 Å². The van der Waals surface area contributed by atoms with E-state index in [4.69, 9.17) is 0 Å². The van der Waals surface area contributed by atoms with Crippen LogP contribution in [0.2, 0.25) is 0 Å². The molecule has 1 aromatic carbocycles. The van der Waals surface area contributed by atoms with Crippen molar-refractivity contribution in [3.8, 4) is 0 Å². The number of fused-ring (bicyclic) bond motifs is 1. The van der Waals surface area contributed by atoms with Crippen LogP contribution in [0.4, 0.5) is 14.5 Å². The van der Waals surface area contributed by atoms with E-state index in [2.05, 4.69) is 36.4 Å². The quantitative estimate of drug-likeness (QED) is 0.429. The van der Waals surface area contributed by atoms with Crippen LogP contribution in [0.3, 0.4) is 0 Å². The summed E-state index contributed by atoms with van der Waals surface area (Å²) in [6.07, 6.45) is 0.635. The number of aryl methyl sites for hydroxylation is 2. The van der Waals surface area contributed by atoms with Gasteiger partial charge in [0.2, 0.25) is 5.91 Å². The summed E-state index contributed by atoms with van der Waals surface area (Å²) in [6, 6.07) is 9.22. The Morgan fingerprint density at radius 3 is 2.68 bits per heavy atom. The number of alkyl halides is 2. The van der Waals surface area contributed by atoms with E-state index < -0.39 is 6.43 Å². The molecule has 4 aromatic rings. The first-order chi connectivity index (χ1) is 14.8. The number of aromatic nitrogens is 5. The molecule has 0 saturated carbocycles. The number of nitrogens with one attached hydrogen (secondary N) is 1. The number of halogens is 3. The van der Waals surface area contributed by atoms with Crippen LogP contribution < -0.4 is 5.32 Å². The van der Waals surface area contributed by atoms with Gasteiger partial charge < -0.3 is 5.32 Å². The second kappa shape index (κ2) is 8.54. The molecule has 0 fully saturated rings. The molecule has 0 aliphatic carbocycles. The first-order valence-electron chi connectivity index (χ1n) is 9.49. The first-order valence-corrected chi connectivity index (χ1v) is 10.3. The van der Waals surface area contributed by atoms with E-state index in [1.165, 1.54) is 10.7 Å². The number of nitrogens with zero attached hydrogens (tertiary/aromatic N) is 5. The fourth-order valence-corrected chi connectivity index (χ4v) is 3.69. The second-order valence-electron chi connectivity index (χ2n) is 7.20. The van der Waals surface area contributed by atoms with Crippen molar-refractivity contribution in [2.45, 2.75) is 33.4 Å². The molecule has 3 heterocycles. The first kappa shape index (κ1) is 21.1. The van der Waals surface area contributed by atoms with Crippen LogP contribution in [0, 0.1) is 13.8 Å². The Morgan fingerprint density at radius 1 is 1.23 bits per heavy atom. The maximum Gasteiger partial charge on any atom is 0.264 e. The fraction of sp³-hybridized carbons (Fsp3) is 0.238. The number of carbonyl (C=O) groups is 1. The molecule has 4 rings (SSSR count). The number of anilines is 1. The topological polar surface area (TPSA) is 77.6 Å². The van der Waals surface area contributed by atoms with Gasteiger partial charge in [-0.25, -0.2) is 18.4 Å². The Kier molecular flexibility index (Phi) is 5.81. The number of benzene rings is 1. The van der Waals surface area contributed by atoms with Gasteiger partial charge in [0.15, 0.2) is 5.65 Å². The third-order valence-corrected chi connectivity index (χ3v) is 5.27. The minimum Gasteiger partial charge on any atom is -0.322 e. The number of hydrogen-bond donors (Lipinski definition) is 1. The van der Waals surface area contributed by atoms with Gasteiger partial charge in [0, 0.05) is 21.9 Å². The summed E-state index contributed by atoms with van der Waals surface area (Å²) in [6.45, 7) is 3.68. The van der Waals surface area contributed by atoms with Crippen LogP contribution in [0.5, 0.6) is 0 Å². The molecule has 0 saturated heterocycles. The molecular weight excluding hydrogens is 470 g/mol. The monoisotopic (exact) mass is 488 g/mol. The highest BCUT2D eigenvalue weighted by Crippen LogP contribution is 2.29. The van der Waals surface area contributed by atoms with E-state index in [-0.39, 0.29) is 29.0 Å². The van der Waals surface area contributed by atoms with E-state index in [9.17, 15) is 13.6 Å². The maximum atomic E-state index is 13.4. The molecule has 0 spiro atoms. The summed E-state index contributed by atoms with van der Waals surface area (Å²) in [7, 11) is 0. The van der Waals surface area contributed by atoms with Crippen LogP contribution in [0.15, 0.2) is 47.2 Å². The summed E-state index contributed by atoms with van der Waals surface area (Å²) < 4.78 is 30.9. The normalized spacial score (nSPS) is 11.4. The minimum atomic E-state index is -2.65. The van der Waals surface area contributed by atoms with Crippen LogP contribution in [-0.4, -0.2) is 30.5 Å². The summed E-state index contributed by atoms with van der Waals surface area (Å²) in [4.78, 5) is 16.9. The summed E-state index contributed by atoms with van der Waals surface area (Å²) in [5.74, 6) is -0.352. The van der Waals surface area contributed by atoms with Crippen LogP contribution >= 0.6 is 15.9 Å². The molecule has 3 aromatic heterocycles. The van der Waals surface area contributed by atoms with E-state index in [1.807, 2.05) is 24.3 Å². The highest BCUT2D eigenvalue weighted by molar-refractivity contribution is 9.10. The molecule has 1 amide bonds. The van der Waals surface area contributed by atoms with Crippen molar-refractivity contribution in [3.05, 3.63) is 69.7 Å². The largest absolute Gasteiger partial charge is 0.322 e. The molecule has 0 bridgehead atoms. The lowest BCUT2D eigenvalue weighted by molar-refractivity contribution is -0.116. The lowest BCUT2D eigenvalue weighted by Crippen LogP contribution is -2.19. The molecule has 31 heavy (non-hydrogen) atoms. The zero-order chi connectivity index (χ0) is 22.1. The predicted octanol–water partition coefficient (Wildman–Crippen LogP) is 4.63. The third kappa shape index (κ3) is 4.63. The van der Waals surface area contributed by atoms with Crippen LogP contribution in [0.25, 0.3) is 11.0 Å². The molecular formula is C21H19BrF2N6O. The molecule has 1 N–H and O–H groups in total. The van der Waals surface area contributed by atoms with Crippen molar-refractivity contribution in [2.24, 2.45) is 0 Å². The molecule has 0 unspecified atom stereocenters. The molecule has 0 aliphatic heterocycles. The highest BCUT2D eigenvalue weighted by Gasteiger charge is 2.20. The number of pyridine rings is 1. The molecule has 7 nitrogen and oxygen atoms in total. The Morgan fingerprint density at radius 2 is 1.97 bits per heavy atom. The van der Waals surface area contributed by atoms with Crippen molar-refractivity contribution in [3.63, 3.8) is 0 Å². The second-order valence-corrected chi connectivity index (χ2v) is 8.11. The minimum absolute atomic E-state index is 0.124. The van der Waals surface area contributed by atoms with Gasteiger partial charge >= 0.3 is 0 Å². The van der Waals surface area contributed by atoms with Gasteiger partial charge in [-0.05, 0) is 37.6 Å². The lowest BCUT2D eigenvalue weighted by atomic mass is 10.1. The molecule has 0 atom stereocenters. The van der Waals surface area contributed by atoms with Gasteiger partial charge in [-0.15, -0.1) is 0 Å². The molecule has 160 valence electrons. The smallest absolute Gasteiger partial charge is 0.264 e. The lowest BCUT2D eigenvalue weighted by Gasteiger charge is -2.06. The van der Waals surface area contributed by atoms with Crippen molar-refractivity contribution in [2.75, 3.05) is 5.32 Å². The predicted molar refractivity (Wildman–Crippen MR) is 116 cm³/mol. The molecule has 0 aliphatic rings. The average Bonchev–Trinajstić information content (AvgIpc) is 3.27. The Balaban J connectivity index is 1.49. The summed E-state index contributed by atoms with van der Waals surface area (Å²) in [5, 5.41) is 11.6. The van der Waals surface area contributed by atoms with E-state index in [0.29, 0.717) is 23.6 Å². The third-order valence-electron chi connectivity index (χ3n) is 4.74. The average molecular weight is 489 g/mol. The van der Waals surface area contributed by atoms with Gasteiger partial charge in [-0.1, -0.05) is 28.1 Å². The van der Waals surface area contributed by atoms with Gasteiger partial charge in [-0.2, -0.15) is 10.2 Å². The van der Waals surface area contributed by atoms with Crippen molar-refractivity contribution >= 4 is 38.6 Å². The van der Waals surface area contributed by atoms with Crippen molar-refractivity contribution in [1.29, 1.82) is 0 Å². The van der Waals surface area contributed by atoms with E-state index >= 15 is 0 Å². The zero-order valence-electron chi connectivity index (χ0n) is 16.8. The fourth-order valence-electron chi connectivity index (χ4n) is 3.43. The Bertz CT molecular complexity index is 1250. The highest BCUT2D eigenvalue weighted by atomic mass is 79.9. The Hall–Kier alpha value is -3.14. The number of amides is 1. The number of rotatable bonds is 6. The molecule has 0 radical (unpaired) electrons. The van der Waals surface area contributed by atoms with Crippen molar-refractivity contribution in [1.82, 2.24) is 24.5 Å². The summed E-state index contributed by atoms with van der Waals surface area (Å²) in [5.41, 5.74) is 2.60. The van der Waals surface area contributed by atoms with E-state index in [0.717, 1.165) is 10.0 Å². The van der Waals surface area contributed by atoms with Gasteiger partial charge in [0.05, 0.1) is 29.5 Å². The molecule has 10 heteroatoms. The SMILES string of the molecule is Cc1cc(C(F)F)c2c(C)nn(CC(=O)Nc3cnn(Cc4ccc(Br)cc4)c3)c2n1. The maximum absolute atomic E-state index is 13.4. The van der Waals surface area contributed by atoms with Crippen LogP contribution in [0.1, 0.15) is 28.9 Å². The van der Waals surface area contributed by atoms with Crippen molar-refractivity contribution < 1.29 is 13.6 Å². The standard InChI is InChI=1S/C21H19BrF2N6O/c1-12-7-17(20(23)24)19-13(2)28-30(21(19)26-12)11-18(31)27-16-8-25-29(10-16)9-14-3-5-15(22)6-4-14/h3-8,10,20H,9,11H2,1-2H3,(H,27,31). The number of hydrogen-bond acceptors (Lipinski definition) is 4. The van der Waals surface area contributed by atoms with Gasteiger partial charge in [-0.3, -0.25) is 9.48 Å². The summed E-state index contributed by atoms with van der Waals surface area (Å²) >= 11 is 3.40. The van der Waals surface area contributed by atoms with Gasteiger partial charge in [0.25, 0.3) is 6.43 Å². The Labute approximate surface area is 185 Å². The van der Waals surface area contributed by atoms with Crippen LogP contribution in [-0.2, 0) is 17.9 Å². The van der Waals surface area contributed by atoms with E-state index in [1.54, 1.807) is 30.9 Å². The zero-order valence-corrected chi connectivity index (χ0v) is 18.4.